The zero-order valence-electron chi connectivity index (χ0n) is 13.3. The predicted octanol–water partition coefficient (Wildman–Crippen LogP) is 1.48. The second kappa shape index (κ2) is 9.17. The van der Waals surface area contributed by atoms with Crippen LogP contribution in [0.5, 0.6) is 0 Å². The zero-order valence-corrected chi connectivity index (χ0v) is 13.3. The van der Waals surface area contributed by atoms with E-state index in [-0.39, 0.29) is 5.92 Å². The summed E-state index contributed by atoms with van der Waals surface area (Å²) >= 11 is 0. The average molecular weight is 310 g/mol. The van der Waals surface area contributed by atoms with Gasteiger partial charge in [-0.05, 0) is 24.8 Å². The number of carbonyl (C=O) groups is 2. The normalized spacial score (nSPS) is 15.7. The molecule has 1 rings (SSSR count). The molecule has 0 aliphatic rings. The molecule has 0 radical (unpaired) electrons. The molecule has 3 atom stereocenters. The van der Waals surface area contributed by atoms with Gasteiger partial charge in [-0.15, -0.1) is 0 Å². The monoisotopic (exact) mass is 310 g/mol. The van der Waals surface area contributed by atoms with Crippen LogP contribution in [-0.4, -0.2) is 33.7 Å². The van der Waals surface area contributed by atoms with Crippen molar-refractivity contribution < 1.29 is 19.8 Å². The van der Waals surface area contributed by atoms with Gasteiger partial charge in [0, 0.05) is 0 Å². The molecule has 0 spiro atoms. The third-order valence-corrected chi connectivity index (χ3v) is 3.71. The summed E-state index contributed by atoms with van der Waals surface area (Å²) in [6, 6.07) is 8.54. The van der Waals surface area contributed by atoms with Crippen LogP contribution < -0.4 is 11.5 Å². The van der Waals surface area contributed by atoms with Crippen LogP contribution in [-0.2, 0) is 16.0 Å². The first-order valence-corrected chi connectivity index (χ1v) is 7.17. The fraction of sp³-hybridized carbons (Fsp3) is 0.500. The highest BCUT2D eigenvalue weighted by atomic mass is 16.4. The van der Waals surface area contributed by atoms with Crippen LogP contribution in [0.25, 0.3) is 0 Å². The van der Waals surface area contributed by atoms with Crippen molar-refractivity contribution in [2.45, 2.75) is 45.2 Å². The molecule has 6 nitrogen and oxygen atoms in total. The Hall–Kier alpha value is -1.92. The summed E-state index contributed by atoms with van der Waals surface area (Å²) in [5, 5.41) is 17.1. The van der Waals surface area contributed by atoms with E-state index in [0.717, 1.165) is 12.0 Å². The van der Waals surface area contributed by atoms with E-state index in [1.165, 1.54) is 0 Å². The number of benzene rings is 1. The molecule has 0 aliphatic carbocycles. The molecule has 0 saturated heterocycles. The summed E-state index contributed by atoms with van der Waals surface area (Å²) in [7, 11) is 0. The van der Waals surface area contributed by atoms with Crippen molar-refractivity contribution in [2.24, 2.45) is 17.4 Å². The van der Waals surface area contributed by atoms with Crippen LogP contribution in [0.1, 0.15) is 32.8 Å². The smallest absolute Gasteiger partial charge is 0.323 e. The molecule has 0 amide bonds. The van der Waals surface area contributed by atoms with Gasteiger partial charge in [0.15, 0.2) is 0 Å². The maximum absolute atomic E-state index is 10.5. The quantitative estimate of drug-likeness (QED) is 0.630. The number of hydrogen-bond acceptors (Lipinski definition) is 4. The molecular weight excluding hydrogens is 284 g/mol. The Balaban J connectivity index is 0.000000409. The molecule has 0 unspecified atom stereocenters. The summed E-state index contributed by atoms with van der Waals surface area (Å²) in [5.41, 5.74) is 10.7. The molecule has 22 heavy (non-hydrogen) atoms. The van der Waals surface area contributed by atoms with Crippen molar-refractivity contribution in [3.63, 3.8) is 0 Å². The van der Waals surface area contributed by atoms with Gasteiger partial charge in [0.1, 0.15) is 11.6 Å². The van der Waals surface area contributed by atoms with E-state index in [9.17, 15) is 9.59 Å². The molecule has 1 aromatic carbocycles. The lowest BCUT2D eigenvalue weighted by Crippen LogP contribution is -2.50. The fourth-order valence-corrected chi connectivity index (χ4v) is 1.59. The van der Waals surface area contributed by atoms with Crippen molar-refractivity contribution in [3.8, 4) is 0 Å². The Bertz CT molecular complexity index is 474. The molecule has 0 bridgehead atoms. The Morgan fingerprint density at radius 2 is 1.73 bits per heavy atom. The van der Waals surface area contributed by atoms with E-state index in [1.807, 2.05) is 44.2 Å². The average Bonchev–Trinajstić information content (AvgIpc) is 2.47. The minimum Gasteiger partial charge on any atom is -0.480 e. The largest absolute Gasteiger partial charge is 0.480 e. The number of carboxylic acids is 2. The van der Waals surface area contributed by atoms with Gasteiger partial charge >= 0.3 is 11.9 Å². The maximum atomic E-state index is 10.5. The van der Waals surface area contributed by atoms with Crippen molar-refractivity contribution in [3.05, 3.63) is 35.9 Å². The third-order valence-electron chi connectivity index (χ3n) is 3.71. The van der Waals surface area contributed by atoms with Gasteiger partial charge < -0.3 is 21.7 Å². The van der Waals surface area contributed by atoms with Gasteiger partial charge in [-0.2, -0.15) is 0 Å². The number of rotatable bonds is 6. The summed E-state index contributed by atoms with van der Waals surface area (Å²) in [6.07, 6.45) is 1.18. The van der Waals surface area contributed by atoms with Crippen LogP contribution in [0.3, 0.4) is 0 Å². The number of hydrogen-bond donors (Lipinski definition) is 4. The molecule has 6 N–H and O–H groups in total. The van der Waals surface area contributed by atoms with Crippen LogP contribution in [0.2, 0.25) is 0 Å². The van der Waals surface area contributed by atoms with Gasteiger partial charge in [-0.25, -0.2) is 0 Å². The van der Waals surface area contributed by atoms with E-state index in [0.29, 0.717) is 6.42 Å². The number of nitrogens with two attached hydrogens (primary N) is 2. The molecule has 124 valence electrons. The molecule has 0 aliphatic heterocycles. The van der Waals surface area contributed by atoms with E-state index in [1.54, 1.807) is 6.92 Å². The van der Waals surface area contributed by atoms with Crippen molar-refractivity contribution in [1.82, 2.24) is 0 Å². The van der Waals surface area contributed by atoms with Crippen molar-refractivity contribution >= 4 is 11.9 Å². The van der Waals surface area contributed by atoms with Crippen molar-refractivity contribution in [2.75, 3.05) is 0 Å². The lowest BCUT2D eigenvalue weighted by atomic mass is 9.86. The summed E-state index contributed by atoms with van der Waals surface area (Å²) < 4.78 is 0. The first kappa shape index (κ1) is 20.1. The van der Waals surface area contributed by atoms with Crippen LogP contribution in [0, 0.1) is 5.92 Å². The van der Waals surface area contributed by atoms with Crippen LogP contribution in [0.15, 0.2) is 30.3 Å². The Morgan fingerprint density at radius 3 is 2.05 bits per heavy atom. The third kappa shape index (κ3) is 6.69. The highest BCUT2D eigenvalue weighted by Crippen LogP contribution is 2.16. The molecular formula is C16H26N2O4. The molecule has 6 heteroatoms. The van der Waals surface area contributed by atoms with Gasteiger partial charge in [-0.1, -0.05) is 50.6 Å². The Labute approximate surface area is 131 Å². The van der Waals surface area contributed by atoms with Gasteiger partial charge in [0.25, 0.3) is 0 Å². The van der Waals surface area contributed by atoms with Crippen LogP contribution in [0.4, 0.5) is 0 Å². The summed E-state index contributed by atoms with van der Waals surface area (Å²) in [6.45, 7) is 5.32. The SMILES string of the molecule is CC[C@H](C)[C@](C)(N)C(=O)O.N[C@@H](Cc1ccccc1)C(=O)O. The van der Waals surface area contributed by atoms with E-state index in [4.69, 9.17) is 21.7 Å². The predicted molar refractivity (Wildman–Crippen MR) is 85.4 cm³/mol. The van der Waals surface area contributed by atoms with Gasteiger partial charge in [0.2, 0.25) is 0 Å². The van der Waals surface area contributed by atoms with E-state index < -0.39 is 23.5 Å². The standard InChI is InChI=1S/C9H11NO2.C7H15NO2/c10-8(9(11)12)6-7-4-2-1-3-5-7;1-4-5(2)7(3,8)6(9)10/h1-5,8H,6,10H2,(H,11,12);5H,4,8H2,1-3H3,(H,9,10)/t8-;5-,7-/m00/s1. The zero-order chi connectivity index (χ0) is 17.3. The minimum absolute atomic E-state index is 0.0185. The lowest BCUT2D eigenvalue weighted by molar-refractivity contribution is -0.144. The minimum atomic E-state index is -1.07. The maximum Gasteiger partial charge on any atom is 0.323 e. The molecule has 1 aromatic rings. The van der Waals surface area contributed by atoms with Crippen molar-refractivity contribution in [1.29, 1.82) is 0 Å². The summed E-state index contributed by atoms with van der Waals surface area (Å²) in [5.74, 6) is -1.87. The number of carboxylic acid groups (broad SMARTS) is 2. The first-order valence-electron chi connectivity index (χ1n) is 7.17. The molecule has 0 saturated carbocycles. The highest BCUT2D eigenvalue weighted by Gasteiger charge is 2.33. The second-order valence-electron chi connectivity index (χ2n) is 5.53. The number of aliphatic carboxylic acids is 2. The fourth-order valence-electron chi connectivity index (χ4n) is 1.59. The van der Waals surface area contributed by atoms with E-state index >= 15 is 0 Å². The van der Waals surface area contributed by atoms with Gasteiger partial charge in [0.05, 0.1) is 0 Å². The highest BCUT2D eigenvalue weighted by molar-refractivity contribution is 5.78. The Morgan fingerprint density at radius 1 is 1.23 bits per heavy atom. The molecule has 0 heterocycles. The van der Waals surface area contributed by atoms with Crippen LogP contribution >= 0.6 is 0 Å². The lowest BCUT2D eigenvalue weighted by Gasteiger charge is -2.25. The Kier molecular flexibility index (Phi) is 8.37. The second-order valence-corrected chi connectivity index (χ2v) is 5.53. The summed E-state index contributed by atoms with van der Waals surface area (Å²) in [4.78, 5) is 20.9. The topological polar surface area (TPSA) is 127 Å². The van der Waals surface area contributed by atoms with E-state index in [2.05, 4.69) is 0 Å². The molecule has 0 aromatic heterocycles. The molecule has 0 fully saturated rings. The first-order chi connectivity index (χ1) is 10.1. The van der Waals surface area contributed by atoms with Gasteiger partial charge in [-0.3, -0.25) is 9.59 Å².